The van der Waals surface area contributed by atoms with Crippen LogP contribution in [0.1, 0.15) is 32.1 Å². The van der Waals surface area contributed by atoms with E-state index in [1.165, 1.54) is 24.2 Å². The van der Waals surface area contributed by atoms with E-state index in [9.17, 15) is 4.79 Å². The maximum Gasteiger partial charge on any atom is 0.232 e. The molecule has 3 rings (SSSR count). The molecule has 1 aromatic heterocycles. The molecule has 1 amide bonds. The summed E-state index contributed by atoms with van der Waals surface area (Å²) in [5.41, 5.74) is 0.901. The number of aromatic nitrogens is 1. The molecule has 0 bridgehead atoms. The lowest BCUT2D eigenvalue weighted by molar-refractivity contribution is -0.856. The Balaban J connectivity index is 1.88. The molecule has 5 nitrogen and oxygen atoms in total. The van der Waals surface area contributed by atoms with Gasteiger partial charge in [-0.15, -0.1) is 0 Å². The van der Waals surface area contributed by atoms with Gasteiger partial charge in [-0.2, -0.15) is 0 Å². The summed E-state index contributed by atoms with van der Waals surface area (Å²) in [6.07, 6.45) is 5.62. The molecule has 1 heterocycles. The van der Waals surface area contributed by atoms with Crippen molar-refractivity contribution in [3.8, 4) is 5.75 Å². The molecule has 1 aromatic carbocycles. The number of carbonyl (C=O) groups is 1. The second-order valence-corrected chi connectivity index (χ2v) is 8.12. The van der Waals surface area contributed by atoms with E-state index in [4.69, 9.17) is 9.72 Å². The first-order valence-corrected chi connectivity index (χ1v) is 9.95. The number of nitrogens with one attached hydrogen (secondary N) is 1. The Morgan fingerprint density at radius 2 is 2.08 bits per heavy atom. The third kappa shape index (κ3) is 4.30. The van der Waals surface area contributed by atoms with Crippen LogP contribution < -0.4 is 14.5 Å². The average Bonchev–Trinajstić information content (AvgIpc) is 3.04. The van der Waals surface area contributed by atoms with Crippen LogP contribution in [0.4, 0.5) is 5.13 Å². The Labute approximate surface area is 153 Å². The van der Waals surface area contributed by atoms with Gasteiger partial charge in [-0.1, -0.05) is 30.6 Å². The number of benzene rings is 1. The minimum absolute atomic E-state index is 0.160. The second kappa shape index (κ2) is 8.15. The molecule has 0 radical (unpaired) electrons. The molecule has 0 spiro atoms. The number of likely N-dealkylation sites (N-methyl/N-ethyl adjacent to an activating group) is 1. The van der Waals surface area contributed by atoms with E-state index in [-0.39, 0.29) is 11.8 Å². The number of ether oxygens (including phenoxy) is 1. The van der Waals surface area contributed by atoms with Gasteiger partial charge in [0.2, 0.25) is 5.91 Å². The molecule has 25 heavy (non-hydrogen) atoms. The van der Waals surface area contributed by atoms with E-state index in [2.05, 4.69) is 14.1 Å². The van der Waals surface area contributed by atoms with Gasteiger partial charge in [0.1, 0.15) is 5.75 Å². The highest BCUT2D eigenvalue weighted by molar-refractivity contribution is 7.22. The summed E-state index contributed by atoms with van der Waals surface area (Å²) in [5, 5.41) is 0.820. The van der Waals surface area contributed by atoms with Gasteiger partial charge in [0, 0.05) is 12.0 Å². The van der Waals surface area contributed by atoms with Crippen molar-refractivity contribution < 1.29 is 14.4 Å². The summed E-state index contributed by atoms with van der Waals surface area (Å²) in [4.78, 5) is 21.2. The van der Waals surface area contributed by atoms with Gasteiger partial charge < -0.3 is 9.64 Å². The van der Waals surface area contributed by atoms with Crippen LogP contribution in [0.25, 0.3) is 10.2 Å². The molecule has 1 aliphatic rings. The third-order valence-corrected chi connectivity index (χ3v) is 5.93. The van der Waals surface area contributed by atoms with Gasteiger partial charge in [0.15, 0.2) is 5.13 Å². The van der Waals surface area contributed by atoms with Crippen LogP contribution in [-0.4, -0.2) is 45.2 Å². The summed E-state index contributed by atoms with van der Waals surface area (Å²) in [7, 11) is 5.90. The number of carbonyl (C=O) groups excluding carboxylic acids is 1. The molecule has 0 unspecified atom stereocenters. The number of rotatable bonds is 6. The molecule has 2 aromatic rings. The highest BCUT2D eigenvalue weighted by atomic mass is 32.1. The SMILES string of the molecule is COc1ccc2sc(N(CC[NH+](C)C)C(=O)C3CCCCC3)nc2c1. The minimum atomic E-state index is 0.160. The van der Waals surface area contributed by atoms with Crippen LogP contribution in [-0.2, 0) is 4.79 Å². The maximum absolute atomic E-state index is 13.2. The Morgan fingerprint density at radius 3 is 2.76 bits per heavy atom. The predicted molar refractivity (Wildman–Crippen MR) is 103 cm³/mol. The molecule has 1 N–H and O–H groups in total. The van der Waals surface area contributed by atoms with E-state index in [0.29, 0.717) is 6.54 Å². The van der Waals surface area contributed by atoms with Gasteiger partial charge >= 0.3 is 0 Å². The second-order valence-electron chi connectivity index (χ2n) is 7.11. The number of fused-ring (bicyclic) bond motifs is 1. The van der Waals surface area contributed by atoms with Crippen molar-refractivity contribution >= 4 is 32.6 Å². The van der Waals surface area contributed by atoms with Crippen molar-refractivity contribution in [3.63, 3.8) is 0 Å². The highest BCUT2D eigenvalue weighted by Crippen LogP contribution is 2.33. The molecule has 1 fully saturated rings. The lowest BCUT2D eigenvalue weighted by Crippen LogP contribution is -3.06. The number of hydrogen-bond donors (Lipinski definition) is 1. The van der Waals surface area contributed by atoms with Crippen molar-refractivity contribution in [1.29, 1.82) is 0 Å². The Hall–Kier alpha value is -1.66. The lowest BCUT2D eigenvalue weighted by Gasteiger charge is -2.27. The molecule has 1 aliphatic carbocycles. The number of hydrogen-bond acceptors (Lipinski definition) is 4. The predicted octanol–water partition coefficient (Wildman–Crippen LogP) is 2.36. The minimum Gasteiger partial charge on any atom is -0.497 e. The highest BCUT2D eigenvalue weighted by Gasteiger charge is 2.29. The fourth-order valence-corrected chi connectivity index (χ4v) is 4.32. The van der Waals surface area contributed by atoms with E-state index < -0.39 is 0 Å². The molecule has 136 valence electrons. The van der Waals surface area contributed by atoms with Crippen molar-refractivity contribution in [2.24, 2.45) is 5.92 Å². The summed E-state index contributed by atoms with van der Waals surface area (Å²) >= 11 is 1.60. The van der Waals surface area contributed by atoms with Crippen molar-refractivity contribution in [3.05, 3.63) is 18.2 Å². The lowest BCUT2D eigenvalue weighted by atomic mass is 9.88. The van der Waals surface area contributed by atoms with Crippen molar-refractivity contribution in [1.82, 2.24) is 4.98 Å². The summed E-state index contributed by atoms with van der Waals surface area (Å²) in [6, 6.07) is 5.91. The van der Waals surface area contributed by atoms with Gasteiger partial charge in [-0.3, -0.25) is 9.69 Å². The zero-order valence-electron chi connectivity index (χ0n) is 15.4. The van der Waals surface area contributed by atoms with Crippen LogP contribution in [0.15, 0.2) is 18.2 Å². The van der Waals surface area contributed by atoms with E-state index in [1.54, 1.807) is 18.4 Å². The van der Waals surface area contributed by atoms with Crippen LogP contribution in [0.5, 0.6) is 5.75 Å². The van der Waals surface area contributed by atoms with Crippen LogP contribution >= 0.6 is 11.3 Å². The number of nitrogens with zero attached hydrogens (tertiary/aromatic N) is 2. The average molecular weight is 363 g/mol. The van der Waals surface area contributed by atoms with Crippen LogP contribution in [0, 0.1) is 5.92 Å². The number of quaternary nitrogens is 1. The van der Waals surface area contributed by atoms with Gasteiger partial charge in [0.25, 0.3) is 0 Å². The normalized spacial score (nSPS) is 15.7. The van der Waals surface area contributed by atoms with E-state index >= 15 is 0 Å². The number of amides is 1. The largest absolute Gasteiger partial charge is 0.497 e. The van der Waals surface area contributed by atoms with Crippen molar-refractivity contribution in [2.75, 3.05) is 39.2 Å². The fraction of sp³-hybridized carbons (Fsp3) is 0.579. The molecule has 6 heteroatoms. The van der Waals surface area contributed by atoms with Gasteiger partial charge in [0.05, 0.1) is 44.5 Å². The topological polar surface area (TPSA) is 46.9 Å². The first-order valence-electron chi connectivity index (χ1n) is 9.13. The molecular weight excluding hydrogens is 334 g/mol. The van der Waals surface area contributed by atoms with Crippen LogP contribution in [0.2, 0.25) is 0 Å². The van der Waals surface area contributed by atoms with Gasteiger partial charge in [-0.25, -0.2) is 4.98 Å². The zero-order valence-corrected chi connectivity index (χ0v) is 16.2. The third-order valence-electron chi connectivity index (χ3n) is 4.87. The number of anilines is 1. The first-order chi connectivity index (χ1) is 12.1. The quantitative estimate of drug-likeness (QED) is 0.858. The Morgan fingerprint density at radius 1 is 1.32 bits per heavy atom. The fourth-order valence-electron chi connectivity index (χ4n) is 3.34. The molecular formula is C19H28N3O2S+. The summed E-state index contributed by atoms with van der Waals surface area (Å²) < 4.78 is 6.39. The van der Waals surface area contributed by atoms with Gasteiger partial charge in [-0.05, 0) is 25.0 Å². The summed E-state index contributed by atoms with van der Waals surface area (Å²) in [5.74, 6) is 1.21. The number of thiazole rings is 1. The number of methoxy groups -OCH3 is 1. The van der Waals surface area contributed by atoms with E-state index in [0.717, 1.165) is 40.5 Å². The standard InChI is InChI=1S/C19H27N3O2S/c1-21(2)11-12-22(18(23)14-7-5-4-6-8-14)19-20-16-13-15(24-3)9-10-17(16)25-19/h9-10,13-14H,4-8,11-12H2,1-3H3/p+1. The first kappa shape index (κ1) is 18.1. The zero-order chi connectivity index (χ0) is 17.8. The smallest absolute Gasteiger partial charge is 0.232 e. The molecule has 0 aliphatic heterocycles. The molecule has 1 saturated carbocycles. The molecule has 0 saturated heterocycles. The van der Waals surface area contributed by atoms with Crippen LogP contribution in [0.3, 0.4) is 0 Å². The Kier molecular flexibility index (Phi) is 5.91. The van der Waals surface area contributed by atoms with E-state index in [1.807, 2.05) is 23.1 Å². The maximum atomic E-state index is 13.2. The molecule has 0 atom stereocenters. The van der Waals surface area contributed by atoms with Crippen molar-refractivity contribution in [2.45, 2.75) is 32.1 Å². The summed E-state index contributed by atoms with van der Waals surface area (Å²) in [6.45, 7) is 1.63. The Bertz CT molecular complexity index is 723. The monoisotopic (exact) mass is 362 g/mol.